The topological polar surface area (TPSA) is 200 Å². The van der Waals surface area contributed by atoms with E-state index in [1.165, 1.54) is 0 Å². The van der Waals surface area contributed by atoms with Crippen molar-refractivity contribution in [2.75, 3.05) is 0 Å². The average Bonchev–Trinajstić information content (AvgIpc) is 0. The van der Waals surface area contributed by atoms with Gasteiger partial charge in [0.1, 0.15) is 0 Å². The van der Waals surface area contributed by atoms with Gasteiger partial charge in [-0.3, -0.25) is 0 Å². The van der Waals surface area contributed by atoms with Crippen LogP contribution in [0.1, 0.15) is 0 Å². The second-order valence-corrected chi connectivity index (χ2v) is 0. The normalized spacial score (nSPS) is 0. The molecule has 0 aromatic rings. The molecule has 0 aliphatic heterocycles. The minimum atomic E-state index is 0. The van der Waals surface area contributed by atoms with Crippen LogP contribution >= 0.6 is 0 Å². The molecular weight excluding hydrogens is 782 g/mol. The summed E-state index contributed by atoms with van der Waals surface area (Å²) >= 11 is 0. The van der Waals surface area contributed by atoms with Crippen molar-refractivity contribution in [2.45, 2.75) is 0 Å². The van der Waals surface area contributed by atoms with E-state index in [4.69, 9.17) is 0 Å². The summed E-state index contributed by atoms with van der Waals surface area (Å²) in [7, 11) is 0. The van der Waals surface area contributed by atoms with Crippen LogP contribution in [0.2, 0.25) is 0 Å². The summed E-state index contributed by atoms with van der Waals surface area (Å²) in [5, 5.41) is 0. The molecule has 0 fully saturated rings. The molecule has 0 aromatic carbocycles. The Bertz CT molecular complexity index is 22.5. The predicted molar refractivity (Wildman–Crippen MR) is 16.3 cm³/mol. The second-order valence-electron chi connectivity index (χ2n) is 0. The van der Waals surface area contributed by atoms with E-state index < -0.39 is 0 Å². The Labute approximate surface area is 234 Å². The summed E-state index contributed by atoms with van der Waals surface area (Å²) in [6.07, 6.45) is 0. The summed E-state index contributed by atoms with van der Waals surface area (Å²) in [6, 6.07) is 0. The van der Waals surface area contributed by atoms with Crippen LogP contribution < -0.4 is 0 Å². The third-order valence-corrected chi connectivity index (χ3v) is 0. The SMILES string of the molecule is [Ba+2].[Ba+2].[Co+2].[Co+2].[La+3].[La+3].[O-2].[O-2].[O-2].[O-2].[O-2].[O-2].[O-2]. The first kappa shape index (κ1) is 164. The summed E-state index contributed by atoms with van der Waals surface area (Å²) in [4.78, 5) is 0. The zero-order valence-corrected chi connectivity index (χ0v) is 24.3. The largest absolute Gasteiger partial charge is 3.00 e. The third-order valence-electron chi connectivity index (χ3n) is 0. The van der Waals surface area contributed by atoms with Crippen LogP contribution in [-0.4, -0.2) is 97.8 Å². The number of hydrogen-bond acceptors (Lipinski definition) is 0. The summed E-state index contributed by atoms with van der Waals surface area (Å²) in [5.41, 5.74) is 0. The molecule has 2 radical (unpaired) electrons. The van der Waals surface area contributed by atoms with Gasteiger partial charge in [-0.05, 0) is 0 Å². The summed E-state index contributed by atoms with van der Waals surface area (Å²) in [5.74, 6) is 0. The van der Waals surface area contributed by atoms with E-state index in [9.17, 15) is 0 Å². The van der Waals surface area contributed by atoms with Gasteiger partial charge < -0.3 is 38.3 Å². The third kappa shape index (κ3) is 123. The van der Waals surface area contributed by atoms with Gasteiger partial charge in [0, 0.05) is 0 Å². The maximum absolute atomic E-state index is 0. The molecule has 0 spiro atoms. The molecular formula is Ba2Co2La2O7. The van der Waals surface area contributed by atoms with Crippen molar-refractivity contribution in [1.82, 2.24) is 0 Å². The van der Waals surface area contributed by atoms with Crippen molar-refractivity contribution in [3.05, 3.63) is 0 Å². The van der Waals surface area contributed by atoms with E-state index in [1.807, 2.05) is 0 Å². The van der Waals surface area contributed by atoms with Gasteiger partial charge in [-0.1, -0.05) is 0 Å². The van der Waals surface area contributed by atoms with Gasteiger partial charge >= 0.3 is 203 Å². The van der Waals surface area contributed by atoms with Gasteiger partial charge in [0.05, 0.1) is 0 Å². The molecule has 0 aliphatic rings. The molecule has 0 saturated heterocycles. The molecule has 0 heterocycles. The van der Waals surface area contributed by atoms with Crippen LogP contribution in [0, 0.1) is 71.2 Å². The van der Waals surface area contributed by atoms with E-state index >= 15 is 0 Å². The molecule has 0 aromatic heterocycles. The Morgan fingerprint density at radius 1 is 0.308 bits per heavy atom. The first-order valence-corrected chi connectivity index (χ1v) is 0. The van der Waals surface area contributed by atoms with Gasteiger partial charge in [0.25, 0.3) is 0 Å². The van der Waals surface area contributed by atoms with Crippen LogP contribution in [-0.2, 0) is 71.9 Å². The van der Waals surface area contributed by atoms with Gasteiger partial charge in [-0.2, -0.15) is 0 Å². The van der Waals surface area contributed by atoms with Crippen molar-refractivity contribution in [2.24, 2.45) is 0 Å². The smallest absolute Gasteiger partial charge is 2.00 e. The maximum atomic E-state index is 0. The fraction of sp³-hybridized carbons (Fsp3) is 0. The van der Waals surface area contributed by atoms with Crippen LogP contribution in [0.25, 0.3) is 0 Å². The van der Waals surface area contributed by atoms with Crippen molar-refractivity contribution in [3.63, 3.8) is 0 Å². The maximum Gasteiger partial charge on any atom is 3.00 e. The second kappa shape index (κ2) is 139. The Kier molecular flexibility index (Phi) is 1750. The first-order chi connectivity index (χ1) is 0. The number of hydrogen-bond donors (Lipinski definition) is 0. The molecule has 70 valence electrons. The van der Waals surface area contributed by atoms with Crippen molar-refractivity contribution in [1.29, 1.82) is 0 Å². The first-order valence-electron chi connectivity index (χ1n) is 0. The summed E-state index contributed by atoms with van der Waals surface area (Å²) < 4.78 is 0. The Balaban J connectivity index is 0. The Morgan fingerprint density at radius 2 is 0.308 bits per heavy atom. The fourth-order valence-corrected chi connectivity index (χ4v) is 0. The van der Waals surface area contributed by atoms with Crippen LogP contribution in [0.15, 0.2) is 0 Å². The van der Waals surface area contributed by atoms with Crippen LogP contribution in [0.5, 0.6) is 0 Å². The van der Waals surface area contributed by atoms with E-state index in [1.54, 1.807) is 0 Å². The zero-order valence-electron chi connectivity index (χ0n) is 6.09. The van der Waals surface area contributed by atoms with Crippen molar-refractivity contribution in [3.8, 4) is 0 Å². The van der Waals surface area contributed by atoms with Gasteiger partial charge in [0.2, 0.25) is 0 Å². The zero-order chi connectivity index (χ0) is 0. The average molecular weight is 782 g/mol. The minimum Gasteiger partial charge on any atom is -2.00 e. The molecule has 0 rings (SSSR count). The van der Waals surface area contributed by atoms with E-state index in [0.29, 0.717) is 0 Å². The van der Waals surface area contributed by atoms with E-state index in [-0.39, 0.29) is 241 Å². The molecule has 0 N–H and O–H groups in total. The molecule has 13 heavy (non-hydrogen) atoms. The van der Waals surface area contributed by atoms with Crippen molar-refractivity contribution < 1.29 is 143 Å². The molecule has 13 heteroatoms. The molecule has 0 amide bonds. The molecule has 0 atom stereocenters. The molecule has 0 saturated carbocycles. The molecule has 7 nitrogen and oxygen atoms in total. The van der Waals surface area contributed by atoms with Crippen LogP contribution in [0.4, 0.5) is 0 Å². The van der Waals surface area contributed by atoms with E-state index in [2.05, 4.69) is 0 Å². The number of rotatable bonds is 0. The van der Waals surface area contributed by atoms with Crippen LogP contribution in [0.3, 0.4) is 0 Å². The van der Waals surface area contributed by atoms with Crippen molar-refractivity contribution >= 4 is 97.8 Å². The van der Waals surface area contributed by atoms with Gasteiger partial charge in [-0.25, -0.2) is 0 Å². The molecule has 0 aliphatic carbocycles. The standard InChI is InChI=1S/2Ba.2Co.2La.7O/q4*+2;2*+3;7*-2. The summed E-state index contributed by atoms with van der Waals surface area (Å²) in [6.45, 7) is 0. The Hall–Kier alpha value is 6.27. The van der Waals surface area contributed by atoms with Gasteiger partial charge in [-0.15, -0.1) is 0 Å². The predicted octanol–water partition coefficient (Wildman–Crippen LogP) is -1.60. The monoisotopic (exact) mass is 783 g/mol. The van der Waals surface area contributed by atoms with E-state index in [0.717, 1.165) is 0 Å². The Morgan fingerprint density at radius 3 is 0.308 bits per heavy atom. The molecule has 0 bridgehead atoms. The minimum absolute atomic E-state index is 0. The quantitative estimate of drug-likeness (QED) is 0.256. The molecule has 0 unspecified atom stereocenters. The fourth-order valence-electron chi connectivity index (χ4n) is 0. The van der Waals surface area contributed by atoms with Gasteiger partial charge in [0.15, 0.2) is 0 Å².